The van der Waals surface area contributed by atoms with Gasteiger partial charge < -0.3 is 20.4 Å². The minimum atomic E-state index is -1.01. The number of nitrogens with zero attached hydrogens (tertiary/aromatic N) is 1. The van der Waals surface area contributed by atoms with E-state index in [-0.39, 0.29) is 11.9 Å². The topological polar surface area (TPSA) is 89.9 Å². The lowest BCUT2D eigenvalue weighted by atomic mass is 9.71. The first-order chi connectivity index (χ1) is 9.46. The summed E-state index contributed by atoms with van der Waals surface area (Å²) < 4.78 is 0. The quantitative estimate of drug-likeness (QED) is 0.726. The maximum absolute atomic E-state index is 12.1. The van der Waals surface area contributed by atoms with E-state index in [1.165, 1.54) is 0 Å². The summed E-state index contributed by atoms with van der Waals surface area (Å²) in [5, 5.41) is 22.1. The number of aliphatic hydroxyl groups is 1. The number of piperidine rings is 1. The Balaban J connectivity index is 1.94. The summed E-state index contributed by atoms with van der Waals surface area (Å²) in [7, 11) is 0. The lowest BCUT2D eigenvalue weighted by Crippen LogP contribution is -2.57. The highest BCUT2D eigenvalue weighted by Gasteiger charge is 2.43. The van der Waals surface area contributed by atoms with Crippen molar-refractivity contribution in [1.82, 2.24) is 10.2 Å². The molecule has 114 valence electrons. The van der Waals surface area contributed by atoms with E-state index in [4.69, 9.17) is 5.11 Å². The first kappa shape index (κ1) is 15.1. The summed E-state index contributed by atoms with van der Waals surface area (Å²) in [6, 6.07) is -1.17. The lowest BCUT2D eigenvalue weighted by molar-refractivity contribution is -0.139. The van der Waals surface area contributed by atoms with Crippen LogP contribution in [0.1, 0.15) is 45.4 Å². The molecular weight excluding hydrogens is 260 g/mol. The predicted molar refractivity (Wildman–Crippen MR) is 73.3 cm³/mol. The number of fused-ring (bicyclic) bond motifs is 1. The van der Waals surface area contributed by atoms with Gasteiger partial charge in [0.25, 0.3) is 0 Å². The summed E-state index contributed by atoms with van der Waals surface area (Å²) >= 11 is 0. The van der Waals surface area contributed by atoms with Gasteiger partial charge in [0.05, 0.1) is 5.60 Å². The van der Waals surface area contributed by atoms with Crippen LogP contribution in [0.2, 0.25) is 0 Å². The van der Waals surface area contributed by atoms with Crippen LogP contribution in [-0.4, -0.2) is 51.8 Å². The molecule has 0 aromatic heterocycles. The molecule has 0 aromatic carbocycles. The number of hydrogen-bond donors (Lipinski definition) is 3. The molecule has 3 atom stereocenters. The number of aliphatic carboxylic acids is 1. The summed E-state index contributed by atoms with van der Waals surface area (Å²) in [6.45, 7) is 2.75. The van der Waals surface area contributed by atoms with Crippen molar-refractivity contribution in [2.75, 3.05) is 13.1 Å². The van der Waals surface area contributed by atoms with E-state index in [0.717, 1.165) is 25.7 Å². The fraction of sp³-hybridized carbons (Fsp3) is 0.857. The van der Waals surface area contributed by atoms with Gasteiger partial charge in [-0.2, -0.15) is 0 Å². The number of carboxylic acid groups (broad SMARTS) is 1. The molecule has 1 aliphatic carbocycles. The van der Waals surface area contributed by atoms with E-state index in [9.17, 15) is 14.7 Å². The van der Waals surface area contributed by atoms with Crippen LogP contribution in [0, 0.1) is 5.92 Å². The van der Waals surface area contributed by atoms with E-state index in [1.54, 1.807) is 11.8 Å². The average molecular weight is 284 g/mol. The number of rotatable bonds is 3. The highest BCUT2D eigenvalue weighted by atomic mass is 16.4. The largest absolute Gasteiger partial charge is 0.480 e. The zero-order valence-electron chi connectivity index (χ0n) is 12.0. The van der Waals surface area contributed by atoms with Gasteiger partial charge in [0.2, 0.25) is 0 Å². The van der Waals surface area contributed by atoms with Crippen LogP contribution in [0.4, 0.5) is 4.79 Å². The number of hydrogen-bond acceptors (Lipinski definition) is 3. The fourth-order valence-corrected chi connectivity index (χ4v) is 3.33. The number of nitrogens with one attached hydrogen (secondary N) is 1. The van der Waals surface area contributed by atoms with E-state index < -0.39 is 17.6 Å². The van der Waals surface area contributed by atoms with Crippen molar-refractivity contribution < 1.29 is 19.8 Å². The standard InChI is InChI=1S/C14H24N2O4/c1-2-11(12(17)18)15-13(19)16-8-7-14(20)6-4-3-5-10(14)9-16/h10-11,20H,2-9H2,1H3,(H,15,19)(H,17,18)/t10?,11-,14?/m1/s1. The molecule has 1 heterocycles. The van der Waals surface area contributed by atoms with Crippen LogP contribution in [0.15, 0.2) is 0 Å². The van der Waals surface area contributed by atoms with Crippen molar-refractivity contribution in [3.63, 3.8) is 0 Å². The van der Waals surface area contributed by atoms with E-state index in [1.807, 2.05) is 0 Å². The Morgan fingerprint density at radius 1 is 1.40 bits per heavy atom. The Morgan fingerprint density at radius 3 is 2.80 bits per heavy atom. The molecule has 0 bridgehead atoms. The highest BCUT2D eigenvalue weighted by molar-refractivity contribution is 5.82. The van der Waals surface area contributed by atoms with Crippen LogP contribution < -0.4 is 5.32 Å². The molecule has 20 heavy (non-hydrogen) atoms. The van der Waals surface area contributed by atoms with E-state index >= 15 is 0 Å². The number of likely N-dealkylation sites (tertiary alicyclic amines) is 1. The van der Waals surface area contributed by atoms with Crippen molar-refractivity contribution in [2.45, 2.75) is 57.1 Å². The summed E-state index contributed by atoms with van der Waals surface area (Å²) in [6.07, 6.45) is 4.86. The first-order valence-corrected chi connectivity index (χ1v) is 7.47. The molecule has 2 unspecified atom stereocenters. The molecule has 1 aliphatic heterocycles. The number of urea groups is 1. The molecule has 1 saturated carbocycles. The van der Waals surface area contributed by atoms with E-state index in [2.05, 4.69) is 5.32 Å². The van der Waals surface area contributed by atoms with Gasteiger partial charge in [-0.3, -0.25) is 0 Å². The van der Waals surface area contributed by atoms with Gasteiger partial charge in [-0.15, -0.1) is 0 Å². The Hall–Kier alpha value is -1.30. The first-order valence-electron chi connectivity index (χ1n) is 7.47. The molecule has 3 N–H and O–H groups in total. The van der Waals surface area contributed by atoms with Crippen molar-refractivity contribution in [3.8, 4) is 0 Å². The Kier molecular flexibility index (Phi) is 4.52. The molecule has 2 rings (SSSR count). The molecule has 6 nitrogen and oxygen atoms in total. The SMILES string of the molecule is CC[C@@H](NC(=O)N1CCC2(O)CCCCC2C1)C(=O)O. The van der Waals surface area contributed by atoms with Gasteiger partial charge in [-0.25, -0.2) is 9.59 Å². The van der Waals surface area contributed by atoms with Gasteiger partial charge in [-0.05, 0) is 25.7 Å². The molecule has 0 radical (unpaired) electrons. The Morgan fingerprint density at radius 2 is 2.15 bits per heavy atom. The van der Waals surface area contributed by atoms with Gasteiger partial charge >= 0.3 is 12.0 Å². The van der Waals surface area contributed by atoms with Crippen molar-refractivity contribution in [3.05, 3.63) is 0 Å². The van der Waals surface area contributed by atoms with Crippen LogP contribution in [0.3, 0.4) is 0 Å². The van der Waals surface area contributed by atoms with Crippen LogP contribution in [0.5, 0.6) is 0 Å². The maximum Gasteiger partial charge on any atom is 0.326 e. The second kappa shape index (κ2) is 5.99. The molecule has 2 aliphatic rings. The normalized spacial score (nSPS) is 31.3. The van der Waals surface area contributed by atoms with Crippen molar-refractivity contribution in [1.29, 1.82) is 0 Å². The van der Waals surface area contributed by atoms with E-state index in [0.29, 0.717) is 25.9 Å². The zero-order valence-corrected chi connectivity index (χ0v) is 12.0. The molecule has 2 amide bonds. The lowest BCUT2D eigenvalue weighted by Gasteiger charge is -2.47. The summed E-state index contributed by atoms with van der Waals surface area (Å²) in [4.78, 5) is 24.7. The number of carbonyl (C=O) groups is 2. The van der Waals surface area contributed by atoms with Gasteiger partial charge in [-0.1, -0.05) is 19.8 Å². The molecular formula is C14H24N2O4. The van der Waals surface area contributed by atoms with Crippen LogP contribution in [-0.2, 0) is 4.79 Å². The summed E-state index contributed by atoms with van der Waals surface area (Å²) in [5.41, 5.74) is -0.619. The minimum Gasteiger partial charge on any atom is -0.480 e. The van der Waals surface area contributed by atoms with Gasteiger partial charge in [0.15, 0.2) is 0 Å². The molecule has 0 aromatic rings. The maximum atomic E-state index is 12.1. The van der Waals surface area contributed by atoms with Crippen molar-refractivity contribution in [2.24, 2.45) is 5.92 Å². The smallest absolute Gasteiger partial charge is 0.326 e. The second-order valence-corrected chi connectivity index (χ2v) is 5.99. The number of carboxylic acids is 1. The third kappa shape index (κ3) is 3.06. The third-order valence-corrected chi connectivity index (χ3v) is 4.72. The fourth-order valence-electron chi connectivity index (χ4n) is 3.33. The average Bonchev–Trinajstić information content (AvgIpc) is 2.43. The van der Waals surface area contributed by atoms with Gasteiger partial charge in [0, 0.05) is 19.0 Å². The van der Waals surface area contributed by atoms with Crippen LogP contribution >= 0.6 is 0 Å². The summed E-state index contributed by atoms with van der Waals surface area (Å²) in [5.74, 6) is -0.882. The molecule has 1 saturated heterocycles. The molecule has 0 spiro atoms. The molecule has 2 fully saturated rings. The number of amides is 2. The van der Waals surface area contributed by atoms with Gasteiger partial charge in [0.1, 0.15) is 6.04 Å². The zero-order chi connectivity index (χ0) is 14.8. The highest BCUT2D eigenvalue weighted by Crippen LogP contribution is 2.39. The Bertz CT molecular complexity index is 387. The third-order valence-electron chi connectivity index (χ3n) is 4.72. The van der Waals surface area contributed by atoms with Crippen LogP contribution in [0.25, 0.3) is 0 Å². The number of carbonyl (C=O) groups excluding carboxylic acids is 1. The minimum absolute atomic E-state index is 0.126. The predicted octanol–water partition coefficient (Wildman–Crippen LogP) is 1.19. The molecule has 6 heteroatoms. The van der Waals surface area contributed by atoms with Crippen molar-refractivity contribution >= 4 is 12.0 Å². The monoisotopic (exact) mass is 284 g/mol. The Labute approximate surface area is 119 Å². The second-order valence-electron chi connectivity index (χ2n) is 5.99.